The molecule has 0 aromatic rings. The highest BCUT2D eigenvalue weighted by molar-refractivity contribution is 7.99. The Kier molecular flexibility index (Phi) is 7.41. The normalized spacial score (nSPS) is 21.0. The molecule has 0 bridgehead atoms. The molecule has 0 radical (unpaired) electrons. The first-order valence-electron chi connectivity index (χ1n) is 6.84. The van der Waals surface area contributed by atoms with Gasteiger partial charge in [-0.1, -0.05) is 0 Å². The molecule has 1 aliphatic heterocycles. The van der Waals surface area contributed by atoms with Gasteiger partial charge >= 0.3 is 5.97 Å². The van der Waals surface area contributed by atoms with E-state index in [0.717, 1.165) is 0 Å². The fourth-order valence-electron chi connectivity index (χ4n) is 2.32. The van der Waals surface area contributed by atoms with Crippen LogP contribution in [0.5, 0.6) is 0 Å². The fraction of sp³-hybridized carbons (Fsp3) is 0.917. The Morgan fingerprint density at radius 1 is 1.48 bits per heavy atom. The minimum atomic E-state index is -3.60. The van der Waals surface area contributed by atoms with Gasteiger partial charge in [0.1, 0.15) is 0 Å². The lowest BCUT2D eigenvalue weighted by Crippen LogP contribution is -2.51. The molecule has 124 valence electrons. The number of hydrogen-bond acceptors (Lipinski definition) is 6. The standard InChI is InChI=1S/C12H24N2O5S2/c1-9(11(8-15)20-3)13-21(17,18)14-6-4-10(5-7-14)12(16)19-2/h9-11,13,15H,4-8H2,1-3H3. The zero-order valence-corrected chi connectivity index (χ0v) is 14.2. The van der Waals surface area contributed by atoms with Gasteiger partial charge < -0.3 is 9.84 Å². The van der Waals surface area contributed by atoms with Crippen LogP contribution < -0.4 is 4.72 Å². The second-order valence-corrected chi connectivity index (χ2v) is 7.84. The van der Waals surface area contributed by atoms with Gasteiger partial charge in [-0.05, 0) is 26.0 Å². The molecule has 0 aromatic carbocycles. The molecule has 1 rings (SSSR count). The highest BCUT2D eigenvalue weighted by Crippen LogP contribution is 2.21. The Hall–Kier alpha value is -0.350. The molecule has 7 nitrogen and oxygen atoms in total. The third-order valence-electron chi connectivity index (χ3n) is 3.70. The van der Waals surface area contributed by atoms with Gasteiger partial charge in [-0.25, -0.2) is 0 Å². The number of esters is 1. The smallest absolute Gasteiger partial charge is 0.308 e. The second-order valence-electron chi connectivity index (χ2n) is 5.06. The van der Waals surface area contributed by atoms with E-state index in [-0.39, 0.29) is 29.8 Å². The molecular formula is C12H24N2O5S2. The van der Waals surface area contributed by atoms with Crippen molar-refractivity contribution < 1.29 is 23.1 Å². The molecule has 9 heteroatoms. The van der Waals surface area contributed by atoms with Crippen LogP contribution in [0.2, 0.25) is 0 Å². The summed E-state index contributed by atoms with van der Waals surface area (Å²) in [5.74, 6) is -0.508. The van der Waals surface area contributed by atoms with Crippen LogP contribution in [0.15, 0.2) is 0 Å². The van der Waals surface area contributed by atoms with Crippen LogP contribution in [0.4, 0.5) is 0 Å². The van der Waals surface area contributed by atoms with Crippen molar-refractivity contribution in [1.82, 2.24) is 9.03 Å². The number of rotatable bonds is 7. The van der Waals surface area contributed by atoms with E-state index in [1.165, 1.54) is 23.2 Å². The molecule has 2 atom stereocenters. The van der Waals surface area contributed by atoms with Crippen molar-refractivity contribution in [2.45, 2.75) is 31.1 Å². The summed E-state index contributed by atoms with van der Waals surface area (Å²) in [6.45, 7) is 2.24. The van der Waals surface area contributed by atoms with Gasteiger partial charge in [-0.2, -0.15) is 29.2 Å². The molecular weight excluding hydrogens is 316 g/mol. The molecule has 0 aliphatic carbocycles. The van der Waals surface area contributed by atoms with Crippen molar-refractivity contribution in [1.29, 1.82) is 0 Å². The maximum Gasteiger partial charge on any atom is 0.308 e. The van der Waals surface area contributed by atoms with Crippen LogP contribution in [-0.2, 0) is 19.7 Å². The second kappa shape index (κ2) is 8.33. The van der Waals surface area contributed by atoms with Crippen LogP contribution in [-0.4, -0.2) is 68.2 Å². The number of methoxy groups -OCH3 is 1. The SMILES string of the molecule is COC(=O)C1CCN(S(=O)(=O)NC(C)C(CO)SC)CC1. The van der Waals surface area contributed by atoms with Gasteiger partial charge in [0.05, 0.1) is 19.6 Å². The minimum Gasteiger partial charge on any atom is -0.469 e. The maximum absolute atomic E-state index is 12.3. The van der Waals surface area contributed by atoms with Gasteiger partial charge in [0.2, 0.25) is 0 Å². The van der Waals surface area contributed by atoms with Crippen LogP contribution in [0.3, 0.4) is 0 Å². The number of thioether (sulfide) groups is 1. The van der Waals surface area contributed by atoms with E-state index in [9.17, 15) is 18.3 Å². The summed E-state index contributed by atoms with van der Waals surface area (Å²) in [4.78, 5) is 11.4. The average Bonchev–Trinajstić information content (AvgIpc) is 2.47. The Morgan fingerprint density at radius 3 is 2.48 bits per heavy atom. The summed E-state index contributed by atoms with van der Waals surface area (Å²) < 4.78 is 33.2. The number of aliphatic hydroxyl groups is 1. The lowest BCUT2D eigenvalue weighted by Gasteiger charge is -2.31. The van der Waals surface area contributed by atoms with E-state index in [1.54, 1.807) is 6.92 Å². The lowest BCUT2D eigenvalue weighted by molar-refractivity contribution is -0.146. The van der Waals surface area contributed by atoms with E-state index >= 15 is 0 Å². The molecule has 0 amide bonds. The Bertz CT molecular complexity index is 431. The fourth-order valence-corrected chi connectivity index (χ4v) is 4.51. The average molecular weight is 340 g/mol. The van der Waals surface area contributed by atoms with Gasteiger partial charge in [0.15, 0.2) is 0 Å². The molecule has 21 heavy (non-hydrogen) atoms. The third kappa shape index (κ3) is 5.10. The van der Waals surface area contributed by atoms with Crippen molar-refractivity contribution in [2.24, 2.45) is 5.92 Å². The molecule has 0 aromatic heterocycles. The molecule has 1 fully saturated rings. The zero-order valence-electron chi connectivity index (χ0n) is 12.6. The van der Waals surface area contributed by atoms with Gasteiger partial charge in [-0.15, -0.1) is 0 Å². The minimum absolute atomic E-state index is 0.0880. The Morgan fingerprint density at radius 2 is 2.05 bits per heavy atom. The van der Waals surface area contributed by atoms with Gasteiger partial charge in [0, 0.05) is 24.4 Å². The van der Waals surface area contributed by atoms with E-state index in [1.807, 2.05) is 6.26 Å². The number of piperidine rings is 1. The predicted molar refractivity (Wildman–Crippen MR) is 82.2 cm³/mol. The van der Waals surface area contributed by atoms with Crippen molar-refractivity contribution in [2.75, 3.05) is 33.1 Å². The highest BCUT2D eigenvalue weighted by Gasteiger charge is 2.33. The van der Waals surface area contributed by atoms with Crippen LogP contribution in [0.1, 0.15) is 19.8 Å². The number of aliphatic hydroxyl groups excluding tert-OH is 1. The van der Waals surface area contributed by atoms with Crippen molar-refractivity contribution in [3.05, 3.63) is 0 Å². The molecule has 1 aliphatic rings. The number of nitrogens with one attached hydrogen (secondary N) is 1. The lowest BCUT2D eigenvalue weighted by atomic mass is 9.99. The van der Waals surface area contributed by atoms with E-state index < -0.39 is 10.2 Å². The molecule has 0 saturated carbocycles. The summed E-state index contributed by atoms with van der Waals surface area (Å²) in [5, 5.41) is 9.02. The van der Waals surface area contributed by atoms with Crippen LogP contribution in [0.25, 0.3) is 0 Å². The summed E-state index contributed by atoms with van der Waals surface area (Å²) in [6.07, 6.45) is 2.76. The van der Waals surface area contributed by atoms with Crippen molar-refractivity contribution in [3.8, 4) is 0 Å². The topological polar surface area (TPSA) is 95.9 Å². The number of hydrogen-bond donors (Lipinski definition) is 2. The summed E-state index contributed by atoms with van der Waals surface area (Å²) in [6, 6.07) is -0.367. The van der Waals surface area contributed by atoms with E-state index in [4.69, 9.17) is 0 Å². The van der Waals surface area contributed by atoms with Crippen LogP contribution in [0, 0.1) is 5.92 Å². The van der Waals surface area contributed by atoms with E-state index in [0.29, 0.717) is 25.9 Å². The van der Waals surface area contributed by atoms with Crippen molar-refractivity contribution >= 4 is 27.9 Å². The van der Waals surface area contributed by atoms with E-state index in [2.05, 4.69) is 9.46 Å². The van der Waals surface area contributed by atoms with Crippen LogP contribution >= 0.6 is 11.8 Å². The highest BCUT2D eigenvalue weighted by atomic mass is 32.2. The van der Waals surface area contributed by atoms with Gasteiger partial charge in [0.25, 0.3) is 10.2 Å². The number of carbonyl (C=O) groups excluding carboxylic acids is 1. The predicted octanol–water partition coefficient (Wildman–Crippen LogP) is -0.182. The molecule has 0 spiro atoms. The quantitative estimate of drug-likeness (QED) is 0.624. The number of ether oxygens (including phenoxy) is 1. The van der Waals surface area contributed by atoms with Crippen molar-refractivity contribution in [3.63, 3.8) is 0 Å². The summed E-state index contributed by atoms with van der Waals surface area (Å²) in [5.41, 5.74) is 0. The monoisotopic (exact) mass is 340 g/mol. The zero-order chi connectivity index (χ0) is 16.0. The molecule has 2 N–H and O–H groups in total. The first-order valence-corrected chi connectivity index (χ1v) is 9.57. The number of carbonyl (C=O) groups is 1. The molecule has 2 unspecified atom stereocenters. The number of nitrogens with zero attached hydrogens (tertiary/aromatic N) is 1. The Balaban J connectivity index is 2.59. The maximum atomic E-state index is 12.3. The molecule has 1 saturated heterocycles. The molecule has 1 heterocycles. The first kappa shape index (κ1) is 18.7. The third-order valence-corrected chi connectivity index (χ3v) is 6.58. The summed E-state index contributed by atoms with van der Waals surface area (Å²) >= 11 is 1.42. The Labute approximate surface area is 130 Å². The first-order chi connectivity index (χ1) is 9.85. The summed E-state index contributed by atoms with van der Waals surface area (Å²) in [7, 11) is -2.26. The van der Waals surface area contributed by atoms with Gasteiger partial charge in [-0.3, -0.25) is 4.79 Å². The largest absolute Gasteiger partial charge is 0.469 e.